The van der Waals surface area contributed by atoms with E-state index in [9.17, 15) is 28.8 Å². The van der Waals surface area contributed by atoms with E-state index < -0.39 is 32.4 Å². The van der Waals surface area contributed by atoms with Crippen LogP contribution in [0, 0.1) is 27.9 Å². The van der Waals surface area contributed by atoms with E-state index >= 15 is 4.39 Å². The number of nitrogens with one attached hydrogen (secondary N) is 3. The van der Waals surface area contributed by atoms with Gasteiger partial charge < -0.3 is 35.1 Å². The predicted octanol–water partition coefficient (Wildman–Crippen LogP) is 7.88. The maximum Gasteiger partial charge on any atom is 0.268 e. The average molecular weight is 1020 g/mol. The normalized spacial score (nSPS) is 22.8. The molecule has 4 aromatic rings. The number of nitrogens with zero attached hydrogens (tertiary/aromatic N) is 6. The molecule has 4 N–H and O–H groups in total. The lowest BCUT2D eigenvalue weighted by molar-refractivity contribution is -0.751. The molecule has 1 unspecified atom stereocenters. The summed E-state index contributed by atoms with van der Waals surface area (Å²) in [6.45, 7) is 17.2. The highest BCUT2D eigenvalue weighted by molar-refractivity contribution is 7.90. The minimum Gasteiger partial charge on any atom is -0.629 e. The number of amides is 1. The first-order valence-electron chi connectivity index (χ1n) is 25.7. The van der Waals surface area contributed by atoms with E-state index in [1.165, 1.54) is 42.4 Å². The number of sulfonamides is 1. The van der Waals surface area contributed by atoms with Crippen LogP contribution in [0.5, 0.6) is 17.4 Å². The number of ether oxygens (including phenoxy) is 2. The predicted molar refractivity (Wildman–Crippen MR) is 279 cm³/mol. The Morgan fingerprint density at radius 1 is 1.07 bits per heavy atom. The fourth-order valence-electron chi connectivity index (χ4n) is 11.6. The van der Waals surface area contributed by atoms with Gasteiger partial charge in [-0.1, -0.05) is 44.7 Å². The molecule has 73 heavy (non-hydrogen) atoms. The molecule has 2 aromatic carbocycles. The van der Waals surface area contributed by atoms with Crippen LogP contribution < -0.4 is 29.5 Å². The smallest absolute Gasteiger partial charge is 0.268 e. The van der Waals surface area contributed by atoms with Crippen molar-refractivity contribution < 1.29 is 37.2 Å². The maximum absolute atomic E-state index is 15.2. The van der Waals surface area contributed by atoms with E-state index in [1.807, 2.05) is 6.92 Å². The summed E-state index contributed by atoms with van der Waals surface area (Å²) in [4.78, 5) is 30.0. The molecular weight excluding hydrogens is 950 g/mol. The lowest BCUT2D eigenvalue weighted by Gasteiger charge is -2.58. The lowest BCUT2D eigenvalue weighted by atomic mass is 9.59. The highest BCUT2D eigenvalue weighted by atomic mass is 32.2. The first-order chi connectivity index (χ1) is 34.9. The van der Waals surface area contributed by atoms with E-state index in [0.29, 0.717) is 49.2 Å². The lowest BCUT2D eigenvalue weighted by Crippen LogP contribution is -2.98. The molecule has 0 bridgehead atoms. The summed E-state index contributed by atoms with van der Waals surface area (Å²) in [7, 11) is -3.28. The number of halogens is 1. The van der Waals surface area contributed by atoms with Gasteiger partial charge in [0.1, 0.15) is 16.5 Å². The number of pyridine rings is 2. The second-order valence-electron chi connectivity index (χ2n) is 21.3. The van der Waals surface area contributed by atoms with Crippen molar-refractivity contribution >= 4 is 44.5 Å². The van der Waals surface area contributed by atoms with Crippen LogP contribution in [0.2, 0.25) is 0 Å². The number of piperidine rings is 1. The maximum atomic E-state index is 15.2. The Labute approximate surface area is 428 Å². The number of aliphatic hydroxyl groups is 1. The first kappa shape index (κ1) is 51.9. The molecule has 16 nitrogen and oxygen atoms in total. The molecule has 2 aliphatic heterocycles. The molecule has 0 radical (unpaired) electrons. The molecule has 4 heterocycles. The second-order valence-corrected chi connectivity index (χ2v) is 23.0. The van der Waals surface area contributed by atoms with Gasteiger partial charge in [0, 0.05) is 74.7 Å². The molecule has 18 heteroatoms. The van der Waals surface area contributed by atoms with E-state index in [1.54, 1.807) is 19.1 Å². The Kier molecular flexibility index (Phi) is 15.0. The number of hydrogen-bond donors (Lipinski definition) is 4. The van der Waals surface area contributed by atoms with E-state index in [4.69, 9.17) is 9.47 Å². The Morgan fingerprint density at radius 2 is 1.81 bits per heavy atom. The van der Waals surface area contributed by atoms with Gasteiger partial charge in [-0.05, 0) is 123 Å². The third-order valence-corrected chi connectivity index (χ3v) is 17.1. The number of hydroxylamine groups is 1. The highest BCUT2D eigenvalue weighted by Gasteiger charge is 2.50. The van der Waals surface area contributed by atoms with Crippen molar-refractivity contribution in [3.05, 3.63) is 107 Å². The molecule has 2 saturated heterocycles. The van der Waals surface area contributed by atoms with Crippen molar-refractivity contribution in [2.75, 3.05) is 69.7 Å². The molecule has 1 amide bonds. The molecule has 1 spiro atoms. The Balaban J connectivity index is 0.942. The number of carbonyl (C=O) groups excluding carboxylic acids is 1. The van der Waals surface area contributed by atoms with Crippen molar-refractivity contribution in [2.24, 2.45) is 11.3 Å². The van der Waals surface area contributed by atoms with E-state index in [2.05, 4.69) is 85.5 Å². The first-order valence-corrected chi connectivity index (χ1v) is 27.1. The summed E-state index contributed by atoms with van der Waals surface area (Å²) < 4.78 is 57.7. The third-order valence-electron chi connectivity index (χ3n) is 15.8. The summed E-state index contributed by atoms with van der Waals surface area (Å²) >= 11 is 0. The number of nitriles is 1. The number of quaternary nitrogens is 1. The molecule has 2 aromatic heterocycles. The van der Waals surface area contributed by atoms with Gasteiger partial charge in [-0.15, -0.1) is 0 Å². The van der Waals surface area contributed by atoms with Gasteiger partial charge in [0.15, 0.2) is 17.3 Å². The van der Waals surface area contributed by atoms with E-state index in [-0.39, 0.29) is 68.9 Å². The number of benzene rings is 2. The molecule has 4 fully saturated rings. The van der Waals surface area contributed by atoms with Gasteiger partial charge in [-0.3, -0.25) is 14.6 Å². The molecular formula is C55H68FN9O7S. The Hall–Kier alpha value is -5.94. The zero-order valence-electron chi connectivity index (χ0n) is 42.5. The standard InChI is InChI=1S/C55H68FN9O7S/c1-7-71-53-49(29-44-45(56)26-36(4)50(44)60-53)72-48-27-38(12-13-43(48)52(66)61-73(69,70)40-28-46(62(6)68)51(59-33-40)58-32-37-14-16-54(5,67)17-15-37)64-21-18-55(19-22-64)30-39(31-55)65-25-24-63(23-20-57)34-47(65)42-11-9-8-10-41(42)35(2)3/h8-13,26-29,33,35,37,39,47,62,67H,4,7,14-19,21-25,30-32,34H2,1-3,5-6H3,(H,58,59)(H,61,66)/t37-,47-,54-/m0/s1. The Bertz CT molecular complexity index is 2910. The number of carbonyl (C=O) groups is 1. The van der Waals surface area contributed by atoms with Crippen LogP contribution in [0.25, 0.3) is 11.4 Å². The van der Waals surface area contributed by atoms with Gasteiger partial charge in [0.2, 0.25) is 0 Å². The van der Waals surface area contributed by atoms with Crippen molar-refractivity contribution in [3.63, 3.8) is 0 Å². The van der Waals surface area contributed by atoms with Crippen LogP contribution in [-0.2, 0) is 10.0 Å². The molecule has 5 aliphatic rings. The quantitative estimate of drug-likeness (QED) is 0.0624. The number of fused-ring (bicyclic) bond motifs is 1. The Morgan fingerprint density at radius 3 is 2.51 bits per heavy atom. The summed E-state index contributed by atoms with van der Waals surface area (Å²) in [5.41, 5.74) is 3.67. The largest absolute Gasteiger partial charge is 0.629 e. The molecule has 9 rings (SSSR count). The van der Waals surface area contributed by atoms with Crippen LogP contribution in [-0.4, -0.2) is 110 Å². The zero-order chi connectivity index (χ0) is 51.8. The number of rotatable bonds is 16. The van der Waals surface area contributed by atoms with Gasteiger partial charge in [-0.2, -0.15) is 5.26 Å². The van der Waals surface area contributed by atoms with Gasteiger partial charge in [-0.25, -0.2) is 27.5 Å². The number of anilines is 2. The SMILES string of the molecule is C=C1C=C(F)c2cc(Oc3cc(N4CCC5(CC4)CC(N4CCN(CC#N)C[C@H]4c4ccccc4C(C)C)C5)ccc3C(=O)NS(=O)(=O)c3cnc(NC[C@H]4CC[C@](C)(O)CC4)c([NH+](C)[O-])c3)c(OCC)nc21. The zero-order valence-corrected chi connectivity index (χ0v) is 43.4. The summed E-state index contributed by atoms with van der Waals surface area (Å²) in [6, 6.07) is 19.4. The van der Waals surface area contributed by atoms with E-state index in [0.717, 1.165) is 83.1 Å². The fourth-order valence-corrected chi connectivity index (χ4v) is 12.5. The van der Waals surface area contributed by atoms with Gasteiger partial charge in [0.05, 0.1) is 49.3 Å². The van der Waals surface area contributed by atoms with Crippen LogP contribution >= 0.6 is 0 Å². The topological polar surface area (TPSA) is 201 Å². The monoisotopic (exact) mass is 1020 g/mol. The minimum atomic E-state index is -4.60. The minimum absolute atomic E-state index is 0.00677. The summed E-state index contributed by atoms with van der Waals surface area (Å²) in [5, 5.41) is 35.6. The number of piperazine rings is 1. The van der Waals surface area contributed by atoms with Crippen LogP contribution in [0.3, 0.4) is 0 Å². The van der Waals surface area contributed by atoms with Crippen molar-refractivity contribution in [1.82, 2.24) is 24.5 Å². The second kappa shape index (κ2) is 21.1. The average Bonchev–Trinajstić information content (AvgIpc) is 3.63. The molecule has 3 aliphatic carbocycles. The van der Waals surface area contributed by atoms with Crippen molar-refractivity contribution in [3.8, 4) is 23.4 Å². The van der Waals surface area contributed by atoms with Crippen molar-refractivity contribution in [1.29, 1.82) is 5.26 Å². The number of hydrogen-bond acceptors (Lipinski definition) is 14. The van der Waals surface area contributed by atoms with Gasteiger partial charge in [0.25, 0.3) is 21.8 Å². The summed E-state index contributed by atoms with van der Waals surface area (Å²) in [6.07, 6.45) is 9.34. The van der Waals surface area contributed by atoms with Gasteiger partial charge >= 0.3 is 0 Å². The number of allylic oxidation sites excluding steroid dienone is 2. The summed E-state index contributed by atoms with van der Waals surface area (Å²) in [5.74, 6) is -0.657. The fraction of sp³-hybridized carbons (Fsp3) is 0.491. The number of aromatic nitrogens is 2. The van der Waals surface area contributed by atoms with Crippen molar-refractivity contribution in [2.45, 2.75) is 108 Å². The molecule has 2 atom stereocenters. The molecule has 388 valence electrons. The van der Waals surface area contributed by atoms with Crippen LogP contribution in [0.15, 0.2) is 78.3 Å². The van der Waals surface area contributed by atoms with Crippen LogP contribution in [0.1, 0.15) is 124 Å². The highest BCUT2D eigenvalue weighted by Crippen LogP contribution is 2.53. The molecule has 2 saturated carbocycles. The van der Waals surface area contributed by atoms with Crippen LogP contribution in [0.4, 0.5) is 21.6 Å². The third kappa shape index (κ3) is 11.1.